The van der Waals surface area contributed by atoms with Gasteiger partial charge in [0.1, 0.15) is 11.5 Å². The SMILES string of the molecule is COc1ccc(S(=O)(=O)N2CCC(C(=O)NCc3ccccc3OC)CC2)cc1C. The van der Waals surface area contributed by atoms with Crippen molar-refractivity contribution in [2.45, 2.75) is 31.2 Å². The Balaban J connectivity index is 1.58. The van der Waals surface area contributed by atoms with Gasteiger partial charge in [0.15, 0.2) is 0 Å². The molecule has 1 heterocycles. The number of para-hydroxylation sites is 1. The van der Waals surface area contributed by atoms with Crippen molar-refractivity contribution >= 4 is 15.9 Å². The molecule has 30 heavy (non-hydrogen) atoms. The van der Waals surface area contributed by atoms with E-state index in [0.29, 0.717) is 38.2 Å². The molecule has 1 aliphatic heterocycles. The van der Waals surface area contributed by atoms with Gasteiger partial charge in [0.25, 0.3) is 0 Å². The van der Waals surface area contributed by atoms with Gasteiger partial charge < -0.3 is 14.8 Å². The van der Waals surface area contributed by atoms with Gasteiger partial charge in [-0.1, -0.05) is 18.2 Å². The van der Waals surface area contributed by atoms with Crippen molar-refractivity contribution in [2.24, 2.45) is 5.92 Å². The summed E-state index contributed by atoms with van der Waals surface area (Å²) in [5.74, 6) is 1.12. The van der Waals surface area contributed by atoms with Crippen LogP contribution in [-0.2, 0) is 21.4 Å². The molecule has 3 rings (SSSR count). The number of methoxy groups -OCH3 is 2. The van der Waals surface area contributed by atoms with Gasteiger partial charge in [-0.05, 0) is 49.6 Å². The molecule has 8 heteroatoms. The van der Waals surface area contributed by atoms with Gasteiger partial charge in [0.2, 0.25) is 15.9 Å². The lowest BCUT2D eigenvalue weighted by atomic mass is 9.97. The number of ether oxygens (including phenoxy) is 2. The first-order valence-electron chi connectivity index (χ1n) is 9.91. The van der Waals surface area contributed by atoms with Crippen molar-refractivity contribution in [3.05, 3.63) is 53.6 Å². The second kappa shape index (κ2) is 9.49. The van der Waals surface area contributed by atoms with E-state index in [9.17, 15) is 13.2 Å². The van der Waals surface area contributed by atoms with Crippen LogP contribution in [0.15, 0.2) is 47.4 Å². The van der Waals surface area contributed by atoms with Crippen molar-refractivity contribution in [1.29, 1.82) is 0 Å². The van der Waals surface area contributed by atoms with Gasteiger partial charge in [-0.15, -0.1) is 0 Å². The van der Waals surface area contributed by atoms with E-state index in [1.807, 2.05) is 31.2 Å². The van der Waals surface area contributed by atoms with Gasteiger partial charge in [-0.3, -0.25) is 4.79 Å². The van der Waals surface area contributed by atoms with Crippen molar-refractivity contribution < 1.29 is 22.7 Å². The van der Waals surface area contributed by atoms with Crippen LogP contribution in [0.4, 0.5) is 0 Å². The predicted octanol–water partition coefficient (Wildman–Crippen LogP) is 2.73. The van der Waals surface area contributed by atoms with Gasteiger partial charge >= 0.3 is 0 Å². The number of carbonyl (C=O) groups is 1. The predicted molar refractivity (Wildman–Crippen MR) is 114 cm³/mol. The summed E-state index contributed by atoms with van der Waals surface area (Å²) in [6.07, 6.45) is 0.984. The van der Waals surface area contributed by atoms with E-state index in [0.717, 1.165) is 16.9 Å². The lowest BCUT2D eigenvalue weighted by molar-refractivity contribution is -0.126. The van der Waals surface area contributed by atoms with Crippen molar-refractivity contribution in [2.75, 3.05) is 27.3 Å². The number of hydrogen-bond acceptors (Lipinski definition) is 5. The van der Waals surface area contributed by atoms with Crippen molar-refractivity contribution in [3.8, 4) is 11.5 Å². The normalized spacial score (nSPS) is 15.6. The number of nitrogens with one attached hydrogen (secondary N) is 1. The monoisotopic (exact) mass is 432 g/mol. The number of hydrogen-bond donors (Lipinski definition) is 1. The molecule has 162 valence electrons. The Morgan fingerprint density at radius 2 is 1.73 bits per heavy atom. The maximum Gasteiger partial charge on any atom is 0.243 e. The number of benzene rings is 2. The van der Waals surface area contributed by atoms with E-state index < -0.39 is 10.0 Å². The second-order valence-corrected chi connectivity index (χ2v) is 9.28. The zero-order chi connectivity index (χ0) is 21.7. The molecule has 0 aromatic heterocycles. The van der Waals surface area contributed by atoms with E-state index in [-0.39, 0.29) is 16.7 Å². The summed E-state index contributed by atoms with van der Waals surface area (Å²) in [5, 5.41) is 2.95. The number of amides is 1. The molecule has 1 amide bonds. The van der Waals surface area contributed by atoms with Crippen molar-refractivity contribution in [3.63, 3.8) is 0 Å². The highest BCUT2D eigenvalue weighted by Crippen LogP contribution is 2.27. The van der Waals surface area contributed by atoms with Crippen LogP contribution < -0.4 is 14.8 Å². The number of carbonyl (C=O) groups excluding carboxylic acids is 1. The maximum atomic E-state index is 13.0. The lowest BCUT2D eigenvalue weighted by Crippen LogP contribution is -2.42. The van der Waals surface area contributed by atoms with Crippen LogP contribution in [0.25, 0.3) is 0 Å². The number of aryl methyl sites for hydroxylation is 1. The Bertz CT molecular complexity index is 998. The minimum Gasteiger partial charge on any atom is -0.496 e. The molecule has 0 radical (unpaired) electrons. The summed E-state index contributed by atoms with van der Waals surface area (Å²) >= 11 is 0. The number of piperidine rings is 1. The summed E-state index contributed by atoms with van der Waals surface area (Å²) in [4.78, 5) is 12.8. The second-order valence-electron chi connectivity index (χ2n) is 7.34. The molecule has 0 aliphatic carbocycles. The lowest BCUT2D eigenvalue weighted by Gasteiger charge is -2.30. The van der Waals surface area contributed by atoms with Crippen LogP contribution in [-0.4, -0.2) is 45.9 Å². The Hall–Kier alpha value is -2.58. The van der Waals surface area contributed by atoms with Crippen LogP contribution in [0.1, 0.15) is 24.0 Å². The fourth-order valence-electron chi connectivity index (χ4n) is 3.69. The van der Waals surface area contributed by atoms with E-state index in [1.54, 1.807) is 32.4 Å². The Morgan fingerprint density at radius 3 is 2.37 bits per heavy atom. The van der Waals surface area contributed by atoms with Crippen LogP contribution >= 0.6 is 0 Å². The third kappa shape index (κ3) is 4.76. The molecular formula is C22H28N2O5S. The molecular weight excluding hydrogens is 404 g/mol. The third-order valence-electron chi connectivity index (χ3n) is 5.47. The summed E-state index contributed by atoms with van der Waals surface area (Å²) < 4.78 is 37.9. The van der Waals surface area contributed by atoms with Gasteiger partial charge in [-0.2, -0.15) is 4.31 Å². The Kier molecular flexibility index (Phi) is 6.99. The fourth-order valence-corrected chi connectivity index (χ4v) is 5.25. The van der Waals surface area contributed by atoms with Crippen LogP contribution in [0, 0.1) is 12.8 Å². The molecule has 1 aliphatic rings. The molecule has 0 saturated carbocycles. The first-order valence-corrected chi connectivity index (χ1v) is 11.3. The Labute approximate surface area is 178 Å². The minimum absolute atomic E-state index is 0.0572. The quantitative estimate of drug-likeness (QED) is 0.727. The minimum atomic E-state index is -3.59. The fraction of sp³-hybridized carbons (Fsp3) is 0.409. The highest BCUT2D eigenvalue weighted by atomic mass is 32.2. The van der Waals surface area contributed by atoms with E-state index in [4.69, 9.17) is 9.47 Å². The summed E-state index contributed by atoms with van der Waals surface area (Å²) in [6, 6.07) is 12.4. The summed E-state index contributed by atoms with van der Waals surface area (Å²) in [7, 11) is -0.439. The molecule has 0 atom stereocenters. The number of nitrogens with zero attached hydrogens (tertiary/aromatic N) is 1. The topological polar surface area (TPSA) is 84.9 Å². The molecule has 1 saturated heterocycles. The first kappa shape index (κ1) is 22.1. The highest BCUT2D eigenvalue weighted by Gasteiger charge is 2.32. The summed E-state index contributed by atoms with van der Waals surface area (Å²) in [6.45, 7) is 2.84. The smallest absolute Gasteiger partial charge is 0.243 e. The molecule has 2 aromatic rings. The standard InChI is InChI=1S/C22H28N2O5S/c1-16-14-19(8-9-20(16)28-2)30(26,27)24-12-10-17(11-13-24)22(25)23-15-18-6-4-5-7-21(18)29-3/h4-9,14,17H,10-13,15H2,1-3H3,(H,23,25). The van der Waals surface area contributed by atoms with Crippen LogP contribution in [0.2, 0.25) is 0 Å². The summed E-state index contributed by atoms with van der Waals surface area (Å²) in [5.41, 5.74) is 1.67. The van der Waals surface area contributed by atoms with Crippen LogP contribution in [0.5, 0.6) is 11.5 Å². The number of rotatable bonds is 7. The molecule has 7 nitrogen and oxygen atoms in total. The van der Waals surface area contributed by atoms with Crippen LogP contribution in [0.3, 0.4) is 0 Å². The zero-order valence-electron chi connectivity index (χ0n) is 17.6. The van der Waals surface area contributed by atoms with Gasteiger partial charge in [0, 0.05) is 31.1 Å². The molecule has 0 bridgehead atoms. The van der Waals surface area contributed by atoms with Crippen molar-refractivity contribution in [1.82, 2.24) is 9.62 Å². The number of sulfonamides is 1. The maximum absolute atomic E-state index is 13.0. The van der Waals surface area contributed by atoms with E-state index in [2.05, 4.69) is 5.32 Å². The zero-order valence-corrected chi connectivity index (χ0v) is 18.4. The largest absolute Gasteiger partial charge is 0.496 e. The van der Waals surface area contributed by atoms with Gasteiger partial charge in [0.05, 0.1) is 19.1 Å². The first-order chi connectivity index (χ1) is 14.4. The Morgan fingerprint density at radius 1 is 1.07 bits per heavy atom. The van der Waals surface area contributed by atoms with Gasteiger partial charge in [-0.25, -0.2) is 8.42 Å². The molecule has 1 N–H and O–H groups in total. The average Bonchev–Trinajstić information content (AvgIpc) is 2.77. The third-order valence-corrected chi connectivity index (χ3v) is 7.37. The van der Waals surface area contributed by atoms with E-state index in [1.165, 1.54) is 4.31 Å². The molecule has 0 unspecified atom stereocenters. The highest BCUT2D eigenvalue weighted by molar-refractivity contribution is 7.89. The van der Waals surface area contributed by atoms with E-state index >= 15 is 0 Å². The molecule has 0 spiro atoms. The molecule has 2 aromatic carbocycles. The average molecular weight is 433 g/mol. The molecule has 1 fully saturated rings.